The molecule has 2 saturated carbocycles. The molecule has 1 heterocycles. The summed E-state index contributed by atoms with van der Waals surface area (Å²) in [6.45, 7) is 5.76. The van der Waals surface area contributed by atoms with Gasteiger partial charge in [-0.05, 0) is 25.0 Å². The number of allylic oxidation sites excluding steroid dienone is 2. The van der Waals surface area contributed by atoms with E-state index in [1.54, 1.807) is 6.08 Å². The Labute approximate surface area is 145 Å². The van der Waals surface area contributed by atoms with Crippen LogP contribution in [-0.4, -0.2) is 27.9 Å². The molecule has 25 heavy (non-hydrogen) atoms. The first-order valence-electron chi connectivity index (χ1n) is 8.76. The minimum atomic E-state index is -0.784. The Kier molecular flexibility index (Phi) is 2.45. The van der Waals surface area contributed by atoms with Crippen molar-refractivity contribution < 1.29 is 24.5 Å². The van der Waals surface area contributed by atoms with E-state index < -0.39 is 5.41 Å². The van der Waals surface area contributed by atoms with Crippen molar-refractivity contribution in [3.05, 3.63) is 28.3 Å². The van der Waals surface area contributed by atoms with Crippen LogP contribution in [0.4, 0.5) is 0 Å². The number of hydrogen-bond donors (Lipinski definition) is 2. The molecule has 0 saturated heterocycles. The molecule has 1 aromatic rings. The molecule has 2 N–H and O–H groups in total. The van der Waals surface area contributed by atoms with Crippen LogP contribution in [0.3, 0.4) is 0 Å². The maximum absolute atomic E-state index is 12.9. The van der Waals surface area contributed by atoms with Gasteiger partial charge in [0, 0.05) is 40.7 Å². The predicted molar refractivity (Wildman–Crippen MR) is 89.2 cm³/mol. The molecule has 5 nitrogen and oxygen atoms in total. The molecule has 1 aliphatic heterocycles. The minimum Gasteiger partial charge on any atom is -0.507 e. The SMILES string of the molecule is C[C@H]1Cc2c(O)c3c(c(O)c2O1)C1(C)CC(=O)[C@H]2C[C@]2(C)C1=CC3=O. The minimum absolute atomic E-state index is 0.0254. The lowest BCUT2D eigenvalue weighted by atomic mass is 9.59. The molecule has 0 spiro atoms. The van der Waals surface area contributed by atoms with E-state index in [0.717, 1.165) is 12.0 Å². The number of Topliss-reactive ketones (excluding diaryl/α,β-unsaturated/α-hetero) is 1. The molecular weight excluding hydrogens is 320 g/mol. The maximum atomic E-state index is 12.9. The Morgan fingerprint density at radius 3 is 2.64 bits per heavy atom. The van der Waals surface area contributed by atoms with Crippen LogP contribution >= 0.6 is 0 Å². The Bertz CT molecular complexity index is 927. The zero-order chi connectivity index (χ0) is 17.9. The Hall–Kier alpha value is -2.30. The summed E-state index contributed by atoms with van der Waals surface area (Å²) < 4.78 is 5.71. The van der Waals surface area contributed by atoms with Gasteiger partial charge < -0.3 is 14.9 Å². The van der Waals surface area contributed by atoms with Gasteiger partial charge in [-0.25, -0.2) is 0 Å². The van der Waals surface area contributed by atoms with Crippen LogP contribution < -0.4 is 4.74 Å². The third-order valence-corrected chi connectivity index (χ3v) is 6.75. The smallest absolute Gasteiger partial charge is 0.190 e. The molecule has 0 amide bonds. The summed E-state index contributed by atoms with van der Waals surface area (Å²) in [7, 11) is 0. The molecule has 3 aliphatic carbocycles. The average molecular weight is 340 g/mol. The summed E-state index contributed by atoms with van der Waals surface area (Å²) in [5.74, 6) is -0.0968. The van der Waals surface area contributed by atoms with Crippen LogP contribution in [0.1, 0.15) is 55.1 Å². The number of ether oxygens (including phenoxy) is 1. The van der Waals surface area contributed by atoms with E-state index in [-0.39, 0.29) is 58.2 Å². The highest BCUT2D eigenvalue weighted by atomic mass is 16.5. The van der Waals surface area contributed by atoms with Crippen molar-refractivity contribution in [2.45, 2.75) is 51.6 Å². The van der Waals surface area contributed by atoms with Gasteiger partial charge in [-0.2, -0.15) is 0 Å². The number of phenolic OH excluding ortho intramolecular Hbond substituents is 2. The molecule has 0 bridgehead atoms. The van der Waals surface area contributed by atoms with Crippen LogP contribution in [0.5, 0.6) is 17.2 Å². The van der Waals surface area contributed by atoms with Gasteiger partial charge in [-0.15, -0.1) is 0 Å². The first kappa shape index (κ1) is 15.0. The van der Waals surface area contributed by atoms with Crippen molar-refractivity contribution >= 4 is 11.6 Å². The molecule has 4 aliphatic rings. The van der Waals surface area contributed by atoms with Gasteiger partial charge in [-0.3, -0.25) is 9.59 Å². The van der Waals surface area contributed by atoms with Gasteiger partial charge in [0.25, 0.3) is 0 Å². The van der Waals surface area contributed by atoms with Gasteiger partial charge in [0.15, 0.2) is 17.3 Å². The second-order valence-electron chi connectivity index (χ2n) is 8.46. The second kappa shape index (κ2) is 4.09. The van der Waals surface area contributed by atoms with Crippen molar-refractivity contribution in [3.63, 3.8) is 0 Å². The number of benzene rings is 1. The number of carbonyl (C=O) groups excluding carboxylic acids is 2. The Morgan fingerprint density at radius 1 is 1.20 bits per heavy atom. The third kappa shape index (κ3) is 1.55. The predicted octanol–water partition coefficient (Wildman–Crippen LogP) is 2.80. The highest BCUT2D eigenvalue weighted by molar-refractivity contribution is 6.12. The quantitative estimate of drug-likeness (QED) is 0.710. The van der Waals surface area contributed by atoms with Gasteiger partial charge in [0.2, 0.25) is 0 Å². The normalized spacial score (nSPS) is 37.5. The summed E-state index contributed by atoms with van der Waals surface area (Å²) in [6, 6.07) is 0. The second-order valence-corrected chi connectivity index (χ2v) is 8.46. The van der Waals surface area contributed by atoms with E-state index in [2.05, 4.69) is 0 Å². The zero-order valence-electron chi connectivity index (χ0n) is 14.5. The van der Waals surface area contributed by atoms with E-state index in [9.17, 15) is 19.8 Å². The lowest BCUT2D eigenvalue weighted by Crippen LogP contribution is -2.41. The number of fused-ring (bicyclic) bond motifs is 6. The maximum Gasteiger partial charge on any atom is 0.190 e. The number of phenols is 2. The van der Waals surface area contributed by atoms with Crippen LogP contribution in [0.25, 0.3) is 0 Å². The van der Waals surface area contributed by atoms with E-state index >= 15 is 0 Å². The van der Waals surface area contributed by atoms with Crippen molar-refractivity contribution in [1.29, 1.82) is 0 Å². The summed E-state index contributed by atoms with van der Waals surface area (Å²) in [6.07, 6.45) is 2.85. The average Bonchev–Trinajstić information content (AvgIpc) is 3.07. The number of carbonyl (C=O) groups is 2. The monoisotopic (exact) mass is 340 g/mol. The van der Waals surface area contributed by atoms with E-state index in [1.165, 1.54) is 0 Å². The topological polar surface area (TPSA) is 83.8 Å². The summed E-state index contributed by atoms with van der Waals surface area (Å²) in [4.78, 5) is 25.4. The van der Waals surface area contributed by atoms with Gasteiger partial charge in [0.05, 0.1) is 5.56 Å². The van der Waals surface area contributed by atoms with Gasteiger partial charge >= 0.3 is 0 Å². The molecule has 2 fully saturated rings. The van der Waals surface area contributed by atoms with Crippen LogP contribution in [0.2, 0.25) is 0 Å². The first-order chi connectivity index (χ1) is 11.7. The lowest BCUT2D eigenvalue weighted by Gasteiger charge is -2.43. The fourth-order valence-corrected chi connectivity index (χ4v) is 5.45. The molecule has 0 radical (unpaired) electrons. The van der Waals surface area contributed by atoms with Crippen molar-refractivity contribution in [2.75, 3.05) is 0 Å². The Balaban J connectivity index is 1.84. The molecule has 1 aromatic carbocycles. The molecule has 130 valence electrons. The van der Waals surface area contributed by atoms with Crippen molar-refractivity contribution in [1.82, 2.24) is 0 Å². The fraction of sp³-hybridized carbons (Fsp3) is 0.500. The van der Waals surface area contributed by atoms with Crippen LogP contribution in [0, 0.1) is 11.3 Å². The van der Waals surface area contributed by atoms with Crippen molar-refractivity contribution in [3.8, 4) is 17.2 Å². The standard InChI is InChI=1S/C20H20O5/c1-8-4-9-16(23)14-11(21)5-13-19(2)6-10(19)12(22)7-20(13,3)15(14)17(24)18(9)25-8/h5,8,10,23-24H,4,6-7H2,1-3H3/t8-,10+,19-,20?/m0/s1. The molecule has 0 aromatic heterocycles. The first-order valence-corrected chi connectivity index (χ1v) is 8.76. The highest BCUT2D eigenvalue weighted by Gasteiger charge is 2.66. The third-order valence-electron chi connectivity index (χ3n) is 6.75. The molecule has 4 atom stereocenters. The fourth-order valence-electron chi connectivity index (χ4n) is 5.45. The van der Waals surface area contributed by atoms with E-state index in [0.29, 0.717) is 17.5 Å². The van der Waals surface area contributed by atoms with Gasteiger partial charge in [-0.1, -0.05) is 13.8 Å². The summed E-state index contributed by atoms with van der Waals surface area (Å²) >= 11 is 0. The lowest BCUT2D eigenvalue weighted by molar-refractivity contribution is -0.122. The summed E-state index contributed by atoms with van der Waals surface area (Å²) in [5.41, 5.74) is 0.787. The number of aromatic hydroxyl groups is 2. The number of hydrogen-bond acceptors (Lipinski definition) is 5. The van der Waals surface area contributed by atoms with E-state index in [1.807, 2.05) is 20.8 Å². The number of ketones is 2. The van der Waals surface area contributed by atoms with Crippen LogP contribution in [0.15, 0.2) is 11.6 Å². The molecule has 5 heteroatoms. The van der Waals surface area contributed by atoms with E-state index in [4.69, 9.17) is 4.74 Å². The molecular formula is C20H20O5. The largest absolute Gasteiger partial charge is 0.507 e. The summed E-state index contributed by atoms with van der Waals surface area (Å²) in [5, 5.41) is 21.7. The Morgan fingerprint density at radius 2 is 1.92 bits per heavy atom. The van der Waals surface area contributed by atoms with Crippen LogP contribution in [-0.2, 0) is 16.6 Å². The van der Waals surface area contributed by atoms with Gasteiger partial charge in [0.1, 0.15) is 17.6 Å². The number of rotatable bonds is 0. The zero-order valence-corrected chi connectivity index (χ0v) is 14.5. The van der Waals surface area contributed by atoms with Crippen molar-refractivity contribution in [2.24, 2.45) is 11.3 Å². The highest BCUT2D eigenvalue weighted by Crippen LogP contribution is 2.70. The molecule has 5 rings (SSSR count). The molecule has 1 unspecified atom stereocenters.